The monoisotopic (exact) mass is 316 g/mol. The molecule has 22 heavy (non-hydrogen) atoms. The van der Waals surface area contributed by atoms with Crippen molar-refractivity contribution in [1.82, 2.24) is 0 Å². The largest absolute Gasteiger partial charge is 0.386 e. The molecular formula is C17H17ClN2O2. The molecule has 5 heteroatoms. The van der Waals surface area contributed by atoms with Crippen molar-refractivity contribution in [1.29, 1.82) is 0 Å². The van der Waals surface area contributed by atoms with Gasteiger partial charge in [0.05, 0.1) is 6.21 Å². The van der Waals surface area contributed by atoms with Crippen LogP contribution in [0.15, 0.2) is 47.6 Å². The van der Waals surface area contributed by atoms with Crippen molar-refractivity contribution in [2.45, 2.75) is 13.8 Å². The maximum absolute atomic E-state index is 11.8. The molecule has 114 valence electrons. The molecule has 0 saturated heterocycles. The molecule has 0 spiro atoms. The fourth-order valence-corrected chi connectivity index (χ4v) is 2.11. The summed E-state index contributed by atoms with van der Waals surface area (Å²) < 4.78 is 0. The fraction of sp³-hybridized carbons (Fsp3) is 0.176. The summed E-state index contributed by atoms with van der Waals surface area (Å²) in [6.07, 6.45) is 1.53. The molecule has 2 rings (SSSR count). The van der Waals surface area contributed by atoms with Gasteiger partial charge < -0.3 is 10.2 Å². The van der Waals surface area contributed by atoms with Crippen LogP contribution in [-0.4, -0.2) is 18.7 Å². The van der Waals surface area contributed by atoms with Gasteiger partial charge in [0.2, 0.25) is 0 Å². The summed E-state index contributed by atoms with van der Waals surface area (Å²) in [4.78, 5) is 16.8. The summed E-state index contributed by atoms with van der Waals surface area (Å²) in [5, 5.41) is 7.19. The molecule has 0 aliphatic carbocycles. The van der Waals surface area contributed by atoms with Crippen LogP contribution in [0, 0.1) is 13.8 Å². The van der Waals surface area contributed by atoms with Crippen LogP contribution in [0.25, 0.3) is 0 Å². The summed E-state index contributed by atoms with van der Waals surface area (Å²) in [5.74, 6) is -0.252. The van der Waals surface area contributed by atoms with Crippen molar-refractivity contribution in [2.75, 3.05) is 11.9 Å². The van der Waals surface area contributed by atoms with E-state index in [4.69, 9.17) is 16.4 Å². The average Bonchev–Trinajstić information content (AvgIpc) is 2.44. The minimum atomic E-state index is -0.252. The zero-order valence-electron chi connectivity index (χ0n) is 12.5. The van der Waals surface area contributed by atoms with E-state index in [0.29, 0.717) is 5.02 Å². The lowest BCUT2D eigenvalue weighted by molar-refractivity contribution is -0.120. The number of benzene rings is 2. The molecular weight excluding hydrogens is 300 g/mol. The van der Waals surface area contributed by atoms with E-state index >= 15 is 0 Å². The number of amides is 1. The Kier molecular flexibility index (Phi) is 5.55. The van der Waals surface area contributed by atoms with Gasteiger partial charge in [0, 0.05) is 10.7 Å². The highest BCUT2D eigenvalue weighted by Gasteiger charge is 2.03. The number of nitrogens with zero attached hydrogens (tertiary/aromatic N) is 1. The maximum Gasteiger partial charge on any atom is 0.265 e. The van der Waals surface area contributed by atoms with Crippen molar-refractivity contribution in [3.05, 3.63) is 64.2 Å². The van der Waals surface area contributed by atoms with E-state index in [-0.39, 0.29) is 12.5 Å². The van der Waals surface area contributed by atoms with Crippen molar-refractivity contribution in [2.24, 2.45) is 5.16 Å². The quantitative estimate of drug-likeness (QED) is 0.671. The van der Waals surface area contributed by atoms with Gasteiger partial charge in [0.25, 0.3) is 5.91 Å². The predicted octanol–water partition coefficient (Wildman–Crippen LogP) is 3.95. The van der Waals surface area contributed by atoms with Crippen LogP contribution in [0.3, 0.4) is 0 Å². The van der Waals surface area contributed by atoms with Crippen LogP contribution >= 0.6 is 11.6 Å². The molecule has 0 bridgehead atoms. The second kappa shape index (κ2) is 7.61. The molecule has 0 aliphatic rings. The Balaban J connectivity index is 1.81. The number of aryl methyl sites for hydroxylation is 2. The first-order valence-corrected chi connectivity index (χ1v) is 7.20. The van der Waals surface area contributed by atoms with Crippen molar-refractivity contribution >= 4 is 29.4 Å². The van der Waals surface area contributed by atoms with Gasteiger partial charge in [-0.1, -0.05) is 35.0 Å². The summed E-state index contributed by atoms with van der Waals surface area (Å²) in [7, 11) is 0. The molecule has 0 aliphatic heterocycles. The molecule has 0 fully saturated rings. The van der Waals surface area contributed by atoms with E-state index in [1.54, 1.807) is 12.1 Å². The van der Waals surface area contributed by atoms with Crippen LogP contribution < -0.4 is 5.32 Å². The van der Waals surface area contributed by atoms with E-state index in [1.165, 1.54) is 6.21 Å². The van der Waals surface area contributed by atoms with Crippen LogP contribution in [0.2, 0.25) is 5.02 Å². The van der Waals surface area contributed by atoms with Gasteiger partial charge in [-0.25, -0.2) is 0 Å². The van der Waals surface area contributed by atoms with E-state index in [9.17, 15) is 4.79 Å². The van der Waals surface area contributed by atoms with Crippen LogP contribution in [-0.2, 0) is 9.63 Å². The van der Waals surface area contributed by atoms with E-state index < -0.39 is 0 Å². The van der Waals surface area contributed by atoms with Crippen molar-refractivity contribution < 1.29 is 9.63 Å². The third kappa shape index (κ3) is 5.22. The Morgan fingerprint density at radius 2 is 1.82 bits per heavy atom. The standard InChI is InChI=1S/C17H17ClN2O2/c1-12-7-13(2)9-16(8-12)20-17(21)11-22-19-10-14-3-5-15(18)6-4-14/h3-10H,11H2,1-2H3,(H,20,21)/b19-10+. The average molecular weight is 317 g/mol. The zero-order valence-corrected chi connectivity index (χ0v) is 13.2. The Hall–Kier alpha value is -2.33. The third-order valence-electron chi connectivity index (χ3n) is 2.85. The fourth-order valence-electron chi connectivity index (χ4n) is 1.99. The van der Waals surface area contributed by atoms with E-state index in [1.807, 2.05) is 44.2 Å². The van der Waals surface area contributed by atoms with Gasteiger partial charge in [0.1, 0.15) is 0 Å². The lowest BCUT2D eigenvalue weighted by Gasteiger charge is -2.06. The van der Waals surface area contributed by atoms with Gasteiger partial charge in [-0.15, -0.1) is 0 Å². The summed E-state index contributed by atoms with van der Waals surface area (Å²) in [5.41, 5.74) is 3.79. The number of hydrogen-bond donors (Lipinski definition) is 1. The summed E-state index contributed by atoms with van der Waals surface area (Å²) >= 11 is 5.79. The first kappa shape index (κ1) is 16.0. The van der Waals surface area contributed by atoms with Crippen LogP contribution in [0.5, 0.6) is 0 Å². The van der Waals surface area contributed by atoms with Crippen LogP contribution in [0.1, 0.15) is 16.7 Å². The Morgan fingerprint density at radius 3 is 2.45 bits per heavy atom. The highest BCUT2D eigenvalue weighted by atomic mass is 35.5. The SMILES string of the molecule is Cc1cc(C)cc(NC(=O)CO/N=C/c2ccc(Cl)cc2)c1. The molecule has 0 radical (unpaired) electrons. The maximum atomic E-state index is 11.8. The number of anilines is 1. The third-order valence-corrected chi connectivity index (χ3v) is 3.10. The normalized spacial score (nSPS) is 10.7. The molecule has 2 aromatic rings. The lowest BCUT2D eigenvalue weighted by atomic mass is 10.1. The molecule has 0 saturated carbocycles. The second-order valence-corrected chi connectivity index (χ2v) is 5.42. The smallest absolute Gasteiger partial charge is 0.265 e. The molecule has 0 aromatic heterocycles. The molecule has 4 nitrogen and oxygen atoms in total. The Morgan fingerprint density at radius 1 is 1.18 bits per heavy atom. The Labute approximate surface area is 134 Å². The highest BCUT2D eigenvalue weighted by Crippen LogP contribution is 2.13. The molecule has 1 N–H and O–H groups in total. The summed E-state index contributed by atoms with van der Waals surface area (Å²) in [6.45, 7) is 3.82. The summed E-state index contributed by atoms with van der Waals surface area (Å²) in [6, 6.07) is 13.0. The van der Waals surface area contributed by atoms with Gasteiger partial charge in [-0.3, -0.25) is 4.79 Å². The number of carbonyl (C=O) groups is 1. The molecule has 0 heterocycles. The Bertz CT molecular complexity index is 661. The molecule has 2 aromatic carbocycles. The minimum Gasteiger partial charge on any atom is -0.386 e. The first-order valence-electron chi connectivity index (χ1n) is 6.82. The van der Waals surface area contributed by atoms with Gasteiger partial charge in [-0.2, -0.15) is 0 Å². The van der Waals surface area contributed by atoms with Crippen molar-refractivity contribution in [3.63, 3.8) is 0 Å². The number of oxime groups is 1. The molecule has 1 amide bonds. The predicted molar refractivity (Wildman–Crippen MR) is 89.5 cm³/mol. The van der Waals surface area contributed by atoms with Gasteiger partial charge in [-0.05, 0) is 54.8 Å². The number of halogens is 1. The molecule has 0 atom stereocenters. The van der Waals surface area contributed by atoms with E-state index in [2.05, 4.69) is 10.5 Å². The van der Waals surface area contributed by atoms with E-state index in [0.717, 1.165) is 22.4 Å². The minimum absolute atomic E-state index is 0.142. The lowest BCUT2D eigenvalue weighted by Crippen LogP contribution is -2.17. The topological polar surface area (TPSA) is 50.7 Å². The molecule has 0 unspecified atom stereocenters. The first-order chi connectivity index (χ1) is 10.5. The van der Waals surface area contributed by atoms with Gasteiger partial charge >= 0.3 is 0 Å². The second-order valence-electron chi connectivity index (χ2n) is 4.98. The van der Waals surface area contributed by atoms with Crippen molar-refractivity contribution in [3.8, 4) is 0 Å². The highest BCUT2D eigenvalue weighted by molar-refractivity contribution is 6.30. The zero-order chi connectivity index (χ0) is 15.9. The number of nitrogens with one attached hydrogen (secondary N) is 1. The van der Waals surface area contributed by atoms with Crippen LogP contribution in [0.4, 0.5) is 5.69 Å². The number of hydrogen-bond acceptors (Lipinski definition) is 3. The number of carbonyl (C=O) groups excluding carboxylic acids is 1. The van der Waals surface area contributed by atoms with Gasteiger partial charge in [0.15, 0.2) is 6.61 Å². The number of rotatable bonds is 5.